The average molecular weight is 393 g/mol. The highest BCUT2D eigenvalue weighted by atomic mass is 31.1. The smallest absolute Gasteiger partial charge is 0.219 e. The summed E-state index contributed by atoms with van der Waals surface area (Å²) in [4.78, 5) is 11.7. The fraction of sp³-hybridized carbons (Fsp3) is 0.682. The van der Waals surface area contributed by atoms with Gasteiger partial charge < -0.3 is 15.6 Å². The van der Waals surface area contributed by atoms with E-state index >= 15 is 0 Å². The van der Waals surface area contributed by atoms with Gasteiger partial charge >= 0.3 is 0 Å². The summed E-state index contributed by atoms with van der Waals surface area (Å²) in [7, 11) is -0.327. The van der Waals surface area contributed by atoms with Crippen LogP contribution < -0.4 is 15.6 Å². The van der Waals surface area contributed by atoms with E-state index in [1.54, 1.807) is 0 Å². The first kappa shape index (κ1) is 22.2. The quantitative estimate of drug-likeness (QED) is 0.385. The monoisotopic (exact) mass is 392 g/mol. The van der Waals surface area contributed by atoms with E-state index in [0.29, 0.717) is 12.3 Å². The van der Waals surface area contributed by atoms with Crippen molar-refractivity contribution in [3.05, 3.63) is 29.3 Å². The molecule has 5 heteroatoms. The summed E-state index contributed by atoms with van der Waals surface area (Å²) < 4.78 is 6.06. The van der Waals surface area contributed by atoms with Crippen molar-refractivity contribution in [3.63, 3.8) is 0 Å². The summed E-state index contributed by atoms with van der Waals surface area (Å²) in [5.41, 5.74) is 8.20. The molecule has 0 saturated carbocycles. The molecule has 0 bridgehead atoms. The van der Waals surface area contributed by atoms with Crippen molar-refractivity contribution in [1.82, 2.24) is 5.32 Å². The fourth-order valence-electron chi connectivity index (χ4n) is 3.72. The number of nitrogens with two attached hydrogens (primary N) is 1. The maximum Gasteiger partial charge on any atom is 0.219 e. The molecule has 3 N–H and O–H groups in total. The van der Waals surface area contributed by atoms with Gasteiger partial charge in [-0.2, -0.15) is 0 Å². The van der Waals surface area contributed by atoms with Crippen molar-refractivity contribution in [1.29, 1.82) is 0 Å². The van der Waals surface area contributed by atoms with E-state index < -0.39 is 0 Å². The lowest BCUT2D eigenvalue weighted by Crippen LogP contribution is -2.24. The molecule has 1 amide bonds. The largest absolute Gasteiger partial charge is 0.474 e. The van der Waals surface area contributed by atoms with Gasteiger partial charge in [0.2, 0.25) is 5.91 Å². The lowest BCUT2D eigenvalue weighted by Gasteiger charge is -2.30. The van der Waals surface area contributed by atoms with Crippen LogP contribution in [-0.2, 0) is 4.79 Å². The summed E-state index contributed by atoms with van der Waals surface area (Å²) in [6.07, 6.45) is 10.9. The number of unbranched alkanes of at least 4 members (excludes halogenated alkanes) is 5. The van der Waals surface area contributed by atoms with Crippen LogP contribution in [0.1, 0.15) is 74.8 Å². The van der Waals surface area contributed by atoms with Crippen LogP contribution in [0.25, 0.3) is 0 Å². The van der Waals surface area contributed by atoms with Gasteiger partial charge in [0.15, 0.2) is 0 Å². The lowest BCUT2D eigenvalue weighted by molar-refractivity contribution is -0.121. The van der Waals surface area contributed by atoms with Gasteiger partial charge in [-0.1, -0.05) is 43.4 Å². The normalized spacial score (nSPS) is 18.6. The molecule has 152 valence electrons. The van der Waals surface area contributed by atoms with E-state index in [1.807, 2.05) is 0 Å². The van der Waals surface area contributed by atoms with E-state index in [-0.39, 0.29) is 14.1 Å². The molecule has 0 radical (unpaired) electrons. The molecule has 1 heterocycles. The van der Waals surface area contributed by atoms with Gasteiger partial charge in [0.05, 0.1) is 8.15 Å². The molecule has 27 heavy (non-hydrogen) atoms. The molecule has 0 fully saturated rings. The Kier molecular flexibility index (Phi) is 10.2. The van der Waals surface area contributed by atoms with Gasteiger partial charge in [-0.25, -0.2) is 0 Å². The van der Waals surface area contributed by atoms with Gasteiger partial charge in [-0.3, -0.25) is 4.79 Å². The summed E-state index contributed by atoms with van der Waals surface area (Å²) >= 11 is 0. The zero-order valence-electron chi connectivity index (χ0n) is 17.1. The van der Waals surface area contributed by atoms with Crippen LogP contribution in [0.2, 0.25) is 0 Å². The van der Waals surface area contributed by atoms with Crippen molar-refractivity contribution in [2.24, 2.45) is 5.73 Å². The number of hydrogen-bond acceptors (Lipinski definition) is 3. The minimum Gasteiger partial charge on any atom is -0.474 e. The molecule has 0 saturated heterocycles. The summed E-state index contributed by atoms with van der Waals surface area (Å²) in [5.74, 6) is 1.95. The minimum absolute atomic E-state index is 0.192. The Morgan fingerprint density at radius 3 is 2.78 bits per heavy atom. The second-order valence-corrected chi connectivity index (χ2v) is 9.60. The molecule has 1 aliphatic heterocycles. The predicted molar refractivity (Wildman–Crippen MR) is 116 cm³/mol. The van der Waals surface area contributed by atoms with Crippen LogP contribution >= 0.6 is 8.15 Å². The van der Waals surface area contributed by atoms with Crippen molar-refractivity contribution in [2.75, 3.05) is 25.9 Å². The van der Waals surface area contributed by atoms with Crippen molar-refractivity contribution in [3.8, 4) is 5.75 Å². The SMILES string of the molecule is Cc1ccc2c(c1)C(CCCCCCNC(=O)CCCCCN)CP(C)O2. The first-order chi connectivity index (χ1) is 13.1. The number of nitrogens with one attached hydrogen (secondary N) is 1. The van der Waals surface area contributed by atoms with Gasteiger partial charge in [0, 0.05) is 19.1 Å². The van der Waals surface area contributed by atoms with E-state index in [4.69, 9.17) is 10.3 Å². The van der Waals surface area contributed by atoms with Gasteiger partial charge in [0.1, 0.15) is 5.75 Å². The van der Waals surface area contributed by atoms with Gasteiger partial charge in [-0.05, 0) is 63.4 Å². The Balaban J connectivity index is 1.57. The second-order valence-electron chi connectivity index (χ2n) is 7.79. The van der Waals surface area contributed by atoms with Crippen LogP contribution in [0.15, 0.2) is 18.2 Å². The number of carbonyl (C=O) groups excluding carboxylic acids is 1. The number of hydrogen-bond donors (Lipinski definition) is 2. The van der Waals surface area contributed by atoms with Gasteiger partial charge in [0.25, 0.3) is 0 Å². The van der Waals surface area contributed by atoms with E-state index in [9.17, 15) is 4.79 Å². The standard InChI is InChI=1S/C22H37N2O2P/c1-18-12-13-21-20(16-18)19(17-27(2)26-21)10-6-3-4-9-15-24-22(25)11-7-5-8-14-23/h12-13,16,19H,3-11,14-15,17,23H2,1-2H3,(H,24,25). The molecule has 4 nitrogen and oxygen atoms in total. The summed E-state index contributed by atoms with van der Waals surface area (Å²) in [5, 5.41) is 3.04. The third kappa shape index (κ3) is 8.19. The maximum atomic E-state index is 11.7. The highest BCUT2D eigenvalue weighted by molar-refractivity contribution is 7.52. The van der Waals surface area contributed by atoms with Crippen molar-refractivity contribution < 1.29 is 9.32 Å². The highest BCUT2D eigenvalue weighted by Gasteiger charge is 2.25. The Labute approximate surface area is 166 Å². The number of aryl methyl sites for hydroxylation is 1. The van der Waals surface area contributed by atoms with Crippen LogP contribution in [0, 0.1) is 6.92 Å². The predicted octanol–water partition coefficient (Wildman–Crippen LogP) is 5.08. The molecule has 0 aromatic heterocycles. The fourth-order valence-corrected chi connectivity index (χ4v) is 5.30. The molecule has 0 spiro atoms. The molecule has 2 atom stereocenters. The third-order valence-corrected chi connectivity index (χ3v) is 6.71. The van der Waals surface area contributed by atoms with E-state index in [2.05, 4.69) is 37.1 Å². The third-order valence-electron chi connectivity index (χ3n) is 5.25. The molecule has 0 aliphatic carbocycles. The number of rotatable bonds is 12. The Morgan fingerprint density at radius 2 is 1.96 bits per heavy atom. The minimum atomic E-state index is -0.327. The summed E-state index contributed by atoms with van der Waals surface area (Å²) in [6.45, 7) is 5.94. The number of amides is 1. The average Bonchev–Trinajstić information content (AvgIpc) is 2.64. The molecular weight excluding hydrogens is 355 g/mol. The number of benzene rings is 1. The van der Waals surface area contributed by atoms with E-state index in [1.165, 1.54) is 43.0 Å². The van der Waals surface area contributed by atoms with E-state index in [0.717, 1.165) is 44.5 Å². The van der Waals surface area contributed by atoms with Crippen molar-refractivity contribution in [2.45, 2.75) is 70.6 Å². The number of carbonyl (C=O) groups is 1. The lowest BCUT2D eigenvalue weighted by atomic mass is 9.92. The molecule has 1 aromatic rings. The molecule has 1 aromatic carbocycles. The zero-order chi connectivity index (χ0) is 19.5. The zero-order valence-corrected chi connectivity index (χ0v) is 18.0. The van der Waals surface area contributed by atoms with Crippen LogP contribution in [0.3, 0.4) is 0 Å². The molecule has 1 aliphatic rings. The summed E-state index contributed by atoms with van der Waals surface area (Å²) in [6, 6.07) is 6.61. The maximum absolute atomic E-state index is 11.7. The van der Waals surface area contributed by atoms with Crippen LogP contribution in [-0.4, -0.2) is 31.8 Å². The molecule has 2 rings (SSSR count). The van der Waals surface area contributed by atoms with Crippen LogP contribution in [0.5, 0.6) is 5.75 Å². The van der Waals surface area contributed by atoms with Gasteiger partial charge in [-0.15, -0.1) is 0 Å². The van der Waals surface area contributed by atoms with Crippen molar-refractivity contribution >= 4 is 14.1 Å². The first-order valence-corrected chi connectivity index (χ1v) is 12.5. The Bertz CT molecular complexity index is 579. The Hall–Kier alpha value is -1.12. The number of fused-ring (bicyclic) bond motifs is 1. The molecule has 2 unspecified atom stereocenters. The Morgan fingerprint density at radius 1 is 1.19 bits per heavy atom. The first-order valence-electron chi connectivity index (χ1n) is 10.6. The molecular formula is C22H37N2O2P. The highest BCUT2D eigenvalue weighted by Crippen LogP contribution is 2.49. The van der Waals surface area contributed by atoms with Crippen LogP contribution in [0.4, 0.5) is 0 Å². The second kappa shape index (κ2) is 12.4. The topological polar surface area (TPSA) is 64.4 Å².